The molecule has 0 spiro atoms. The summed E-state index contributed by atoms with van der Waals surface area (Å²) in [5.74, 6) is -1.08. The van der Waals surface area contributed by atoms with E-state index in [0.29, 0.717) is 30.1 Å². The van der Waals surface area contributed by atoms with Gasteiger partial charge in [-0.2, -0.15) is 5.10 Å². The second kappa shape index (κ2) is 11.4. The maximum atomic E-state index is 13.2. The number of aromatic nitrogens is 6. The van der Waals surface area contributed by atoms with Gasteiger partial charge >= 0.3 is 5.97 Å². The molecule has 1 amide bonds. The Morgan fingerprint density at radius 2 is 1.95 bits per heavy atom. The van der Waals surface area contributed by atoms with Gasteiger partial charge in [0.1, 0.15) is 24.0 Å². The molecular weight excluding hydrogens is 552 g/mol. The Labute approximate surface area is 237 Å². The number of benzene rings is 1. The van der Waals surface area contributed by atoms with Crippen LogP contribution in [0.5, 0.6) is 0 Å². The van der Waals surface area contributed by atoms with E-state index in [0.717, 1.165) is 6.42 Å². The van der Waals surface area contributed by atoms with E-state index in [-0.39, 0.29) is 40.9 Å². The summed E-state index contributed by atoms with van der Waals surface area (Å²) in [6, 6.07) is 6.08. The number of aromatic carboxylic acids is 1. The zero-order valence-corrected chi connectivity index (χ0v) is 22.0. The van der Waals surface area contributed by atoms with Gasteiger partial charge in [-0.3, -0.25) is 14.5 Å². The van der Waals surface area contributed by atoms with E-state index in [1.807, 2.05) is 0 Å². The lowest BCUT2D eigenvalue weighted by Gasteiger charge is -2.17. The third-order valence-electron chi connectivity index (χ3n) is 7.23. The zero-order valence-electron chi connectivity index (χ0n) is 22.0. The number of amides is 1. The Bertz CT molecular complexity index is 1600. The second-order valence-corrected chi connectivity index (χ2v) is 9.99. The van der Waals surface area contributed by atoms with Crippen molar-refractivity contribution in [3.8, 4) is 11.5 Å². The summed E-state index contributed by atoms with van der Waals surface area (Å²) in [5.41, 5.74) is 1.74. The van der Waals surface area contributed by atoms with Crippen molar-refractivity contribution in [1.29, 1.82) is 0 Å². The van der Waals surface area contributed by atoms with Gasteiger partial charge in [-0.25, -0.2) is 19.7 Å². The van der Waals surface area contributed by atoms with Crippen molar-refractivity contribution in [2.75, 3.05) is 25.1 Å². The van der Waals surface area contributed by atoms with Crippen LogP contribution in [0.25, 0.3) is 22.7 Å². The number of aliphatic hydroxyl groups is 3. The molecule has 2 aliphatic rings. The highest BCUT2D eigenvalue weighted by atomic mass is 16.6. The molecule has 4 aromatic rings. The number of carbonyl (C=O) groups excluding carboxylic acids is 1. The molecule has 2 saturated heterocycles. The molecule has 0 bridgehead atoms. The molecule has 42 heavy (non-hydrogen) atoms. The van der Waals surface area contributed by atoms with E-state index in [4.69, 9.17) is 14.6 Å². The molecule has 2 fully saturated rings. The third-order valence-corrected chi connectivity index (χ3v) is 7.23. The van der Waals surface area contributed by atoms with E-state index in [9.17, 15) is 24.9 Å². The number of rotatable bonds is 9. The van der Waals surface area contributed by atoms with Crippen molar-refractivity contribution >= 4 is 28.9 Å². The Balaban J connectivity index is 1.33. The van der Waals surface area contributed by atoms with E-state index < -0.39 is 43.0 Å². The molecular formula is C26H28N8O8. The first kappa shape index (κ1) is 27.7. The highest BCUT2D eigenvalue weighted by Gasteiger charge is 2.44. The van der Waals surface area contributed by atoms with Crippen LogP contribution in [0.15, 0.2) is 36.8 Å². The van der Waals surface area contributed by atoms with Crippen LogP contribution in [0.4, 0.5) is 5.82 Å². The van der Waals surface area contributed by atoms with Crippen molar-refractivity contribution in [1.82, 2.24) is 35.0 Å². The van der Waals surface area contributed by atoms with E-state index in [2.05, 4.69) is 35.8 Å². The minimum atomic E-state index is -1.37. The summed E-state index contributed by atoms with van der Waals surface area (Å²) in [6.07, 6.45) is -1.25. The summed E-state index contributed by atoms with van der Waals surface area (Å²) < 4.78 is 12.6. The number of carbonyl (C=O) groups is 2. The number of aromatic amines is 1. The molecule has 3 aromatic heterocycles. The van der Waals surface area contributed by atoms with Crippen molar-refractivity contribution in [3.05, 3.63) is 53.5 Å². The molecule has 5 atom stereocenters. The number of anilines is 1. The number of imidazole rings is 1. The summed E-state index contributed by atoms with van der Waals surface area (Å²) in [4.78, 5) is 38.0. The molecule has 0 aliphatic carbocycles. The SMILES string of the molecule is O=C(O)c1ccc(CNC(=O)c2c[nH]nc2-c2nc(N[C@@H]3CCOC3)c3ncn([C@@H]4OC(CO)[C@@H](O)C4O)c3n2)cc1. The highest BCUT2D eigenvalue weighted by molar-refractivity contribution is 5.99. The lowest BCUT2D eigenvalue weighted by molar-refractivity contribution is -0.0511. The number of carboxylic acid groups (broad SMARTS) is 1. The van der Waals surface area contributed by atoms with Crippen molar-refractivity contribution < 1.29 is 39.5 Å². The number of H-pyrrole nitrogens is 1. The fourth-order valence-corrected chi connectivity index (χ4v) is 4.94. The van der Waals surface area contributed by atoms with Crippen molar-refractivity contribution in [2.24, 2.45) is 0 Å². The maximum Gasteiger partial charge on any atom is 0.335 e. The lowest BCUT2D eigenvalue weighted by atomic mass is 10.1. The van der Waals surface area contributed by atoms with Gasteiger partial charge in [0.2, 0.25) is 0 Å². The van der Waals surface area contributed by atoms with Gasteiger partial charge in [-0.15, -0.1) is 0 Å². The van der Waals surface area contributed by atoms with E-state index in [1.54, 1.807) is 12.1 Å². The number of nitrogens with one attached hydrogen (secondary N) is 3. The fraction of sp³-hybridized carbons (Fsp3) is 0.385. The second-order valence-electron chi connectivity index (χ2n) is 9.99. The molecule has 16 nitrogen and oxygen atoms in total. The lowest BCUT2D eigenvalue weighted by Crippen LogP contribution is -2.33. The Kier molecular flexibility index (Phi) is 7.53. The molecule has 1 aromatic carbocycles. The molecule has 220 valence electrons. The predicted molar refractivity (Wildman–Crippen MR) is 143 cm³/mol. The molecule has 2 unspecified atom stereocenters. The quantitative estimate of drug-likeness (QED) is 0.134. The average molecular weight is 581 g/mol. The van der Waals surface area contributed by atoms with Crippen LogP contribution >= 0.6 is 0 Å². The van der Waals surface area contributed by atoms with E-state index in [1.165, 1.54) is 29.2 Å². The zero-order chi connectivity index (χ0) is 29.4. The predicted octanol–water partition coefficient (Wildman–Crippen LogP) is -0.343. The van der Waals surface area contributed by atoms with Gasteiger partial charge in [0.15, 0.2) is 29.0 Å². The molecule has 0 radical (unpaired) electrons. The molecule has 7 N–H and O–H groups in total. The number of nitrogens with zero attached hydrogens (tertiary/aromatic N) is 5. The van der Waals surface area contributed by atoms with Crippen molar-refractivity contribution in [2.45, 2.75) is 43.5 Å². The minimum absolute atomic E-state index is 0.0514. The minimum Gasteiger partial charge on any atom is -0.478 e. The number of hydrogen-bond donors (Lipinski definition) is 7. The van der Waals surface area contributed by atoms with Gasteiger partial charge in [-0.05, 0) is 24.1 Å². The third kappa shape index (κ3) is 5.17. The number of carboxylic acids is 1. The molecule has 16 heteroatoms. The van der Waals surface area contributed by atoms with Crippen LogP contribution in [0.3, 0.4) is 0 Å². The topological polar surface area (TPSA) is 230 Å². The number of ether oxygens (including phenoxy) is 2. The van der Waals surface area contributed by atoms with Crippen LogP contribution in [0.1, 0.15) is 38.9 Å². The molecule has 0 saturated carbocycles. The first-order valence-electron chi connectivity index (χ1n) is 13.2. The van der Waals surface area contributed by atoms with Gasteiger partial charge in [-0.1, -0.05) is 12.1 Å². The average Bonchev–Trinajstić information content (AvgIpc) is 3.80. The molecule has 6 rings (SSSR count). The Hall–Kier alpha value is -4.48. The van der Waals surface area contributed by atoms with E-state index >= 15 is 0 Å². The van der Waals surface area contributed by atoms with Gasteiger partial charge in [0.05, 0.1) is 36.7 Å². The largest absolute Gasteiger partial charge is 0.478 e. The number of fused-ring (bicyclic) bond motifs is 1. The summed E-state index contributed by atoms with van der Waals surface area (Å²) in [6.45, 7) is 0.680. The summed E-state index contributed by atoms with van der Waals surface area (Å²) >= 11 is 0. The standard InChI is InChI=1S/C26H28N8O8/c35-9-16-19(36)20(37)25(42-16)34-11-28-18-22(30-14-5-6-41-10-14)31-21(32-23(18)34)17-15(8-29-33-17)24(38)27-7-12-1-3-13(4-2-12)26(39)40/h1-4,8,11,14,16,19-20,25,35-37H,5-7,9-10H2,(H,27,38)(H,29,33)(H,39,40)(H,30,31,32)/t14-,16?,19-,20?,25-/m1/s1. The van der Waals surface area contributed by atoms with Gasteiger partial charge in [0, 0.05) is 19.3 Å². The smallest absolute Gasteiger partial charge is 0.335 e. The molecule has 5 heterocycles. The fourth-order valence-electron chi connectivity index (χ4n) is 4.94. The Morgan fingerprint density at radius 3 is 2.64 bits per heavy atom. The van der Waals surface area contributed by atoms with Crippen LogP contribution in [0, 0.1) is 0 Å². The maximum absolute atomic E-state index is 13.2. The molecule has 2 aliphatic heterocycles. The van der Waals surface area contributed by atoms with Gasteiger partial charge in [0.25, 0.3) is 5.91 Å². The Morgan fingerprint density at radius 1 is 1.14 bits per heavy atom. The van der Waals surface area contributed by atoms with Crippen molar-refractivity contribution in [3.63, 3.8) is 0 Å². The summed E-state index contributed by atoms with van der Waals surface area (Å²) in [7, 11) is 0. The first-order valence-corrected chi connectivity index (χ1v) is 13.2. The number of aliphatic hydroxyl groups excluding tert-OH is 3. The van der Waals surface area contributed by atoms with Crippen LogP contribution in [-0.4, -0.2) is 106 Å². The summed E-state index contributed by atoms with van der Waals surface area (Å²) in [5, 5.41) is 52.6. The van der Waals surface area contributed by atoms with Crippen LogP contribution < -0.4 is 10.6 Å². The highest BCUT2D eigenvalue weighted by Crippen LogP contribution is 2.34. The van der Waals surface area contributed by atoms with Gasteiger partial charge < -0.3 is 40.5 Å². The number of hydrogen-bond acceptors (Lipinski definition) is 12. The first-order chi connectivity index (χ1) is 20.3. The van der Waals surface area contributed by atoms with Crippen LogP contribution in [-0.2, 0) is 16.0 Å². The normalized spacial score (nSPS) is 23.8. The van der Waals surface area contributed by atoms with Crippen LogP contribution in [0.2, 0.25) is 0 Å². The monoisotopic (exact) mass is 580 g/mol.